The lowest BCUT2D eigenvalue weighted by Gasteiger charge is -2.16. The van der Waals surface area contributed by atoms with Crippen LogP contribution in [-0.2, 0) is 17.9 Å². The maximum absolute atomic E-state index is 13.1. The highest BCUT2D eigenvalue weighted by Crippen LogP contribution is 2.38. The second-order valence-electron chi connectivity index (χ2n) is 8.55. The van der Waals surface area contributed by atoms with Gasteiger partial charge >= 0.3 is 0 Å². The summed E-state index contributed by atoms with van der Waals surface area (Å²) < 4.78 is 13.0. The van der Waals surface area contributed by atoms with E-state index in [1.807, 2.05) is 55.5 Å². The van der Waals surface area contributed by atoms with Gasteiger partial charge in [0.15, 0.2) is 11.5 Å². The first kappa shape index (κ1) is 26.6. The predicted molar refractivity (Wildman–Crippen MR) is 162 cm³/mol. The first-order chi connectivity index (χ1) is 18.4. The summed E-state index contributed by atoms with van der Waals surface area (Å²) >= 11 is 9.37. The van der Waals surface area contributed by atoms with Gasteiger partial charge in [-0.1, -0.05) is 72.3 Å². The van der Waals surface area contributed by atoms with Crippen molar-refractivity contribution in [3.63, 3.8) is 0 Å². The first-order valence-corrected chi connectivity index (χ1v) is 14.3. The number of hydrogen-bond donors (Lipinski definition) is 0. The predicted octanol–water partition coefficient (Wildman–Crippen LogP) is 8.31. The fourth-order valence-corrected chi connectivity index (χ4v) is 6.04. The molecule has 1 heterocycles. The number of rotatable bonds is 8. The molecule has 0 N–H and O–H groups in total. The van der Waals surface area contributed by atoms with Crippen molar-refractivity contribution in [2.24, 2.45) is 0 Å². The Balaban J connectivity index is 1.39. The van der Waals surface area contributed by atoms with E-state index in [4.69, 9.17) is 21.1 Å². The van der Waals surface area contributed by atoms with Crippen LogP contribution in [0, 0.1) is 3.57 Å². The van der Waals surface area contributed by atoms with E-state index in [0.29, 0.717) is 34.6 Å². The zero-order chi connectivity index (χ0) is 26.6. The average molecular weight is 656 g/mol. The van der Waals surface area contributed by atoms with E-state index in [1.165, 1.54) is 4.90 Å². The number of fused-ring (bicyclic) bond motifs is 1. The molecular weight excluding hydrogens is 633 g/mol. The van der Waals surface area contributed by atoms with Crippen LogP contribution in [0.3, 0.4) is 0 Å². The molecule has 4 aromatic carbocycles. The number of thioether (sulfide) groups is 1. The van der Waals surface area contributed by atoms with Crippen molar-refractivity contribution in [1.29, 1.82) is 0 Å². The van der Waals surface area contributed by atoms with Crippen molar-refractivity contribution in [3.8, 4) is 11.5 Å². The van der Waals surface area contributed by atoms with E-state index in [9.17, 15) is 9.59 Å². The molecule has 2 amide bonds. The van der Waals surface area contributed by atoms with Crippen molar-refractivity contribution in [2.45, 2.75) is 20.1 Å². The molecule has 8 heteroatoms. The third-order valence-corrected chi connectivity index (χ3v) is 8.12. The number of benzene rings is 4. The second kappa shape index (κ2) is 11.8. The molecule has 0 bridgehead atoms. The Morgan fingerprint density at radius 2 is 1.68 bits per heavy atom. The standard InChI is InChI=1S/C30H23ClINO4S/c1-2-36-26-15-19(16-27-29(34)33(30(35)38-27)17-21-9-4-6-13-24(21)31)14-25(32)28(26)37-18-22-11-7-10-20-8-3-5-12-23(20)22/h3-16H,2,17-18H2,1H3/b27-16+. The number of hydrogen-bond acceptors (Lipinski definition) is 5. The van der Waals surface area contributed by atoms with Crippen LogP contribution < -0.4 is 9.47 Å². The molecule has 0 atom stereocenters. The topological polar surface area (TPSA) is 55.8 Å². The molecule has 1 fully saturated rings. The summed E-state index contributed by atoms with van der Waals surface area (Å²) in [4.78, 5) is 27.3. The minimum absolute atomic E-state index is 0.129. The molecule has 1 saturated heterocycles. The highest BCUT2D eigenvalue weighted by molar-refractivity contribution is 14.1. The van der Waals surface area contributed by atoms with Crippen LogP contribution in [0.1, 0.15) is 23.6 Å². The minimum Gasteiger partial charge on any atom is -0.490 e. The van der Waals surface area contributed by atoms with Crippen molar-refractivity contribution in [1.82, 2.24) is 4.90 Å². The lowest BCUT2D eigenvalue weighted by atomic mass is 10.1. The van der Waals surface area contributed by atoms with Gasteiger partial charge < -0.3 is 9.47 Å². The van der Waals surface area contributed by atoms with E-state index in [-0.39, 0.29) is 17.7 Å². The van der Waals surface area contributed by atoms with Gasteiger partial charge in [0, 0.05) is 5.02 Å². The average Bonchev–Trinajstić information content (AvgIpc) is 3.17. The van der Waals surface area contributed by atoms with Crippen LogP contribution in [0.25, 0.3) is 16.8 Å². The van der Waals surface area contributed by atoms with Gasteiger partial charge in [-0.3, -0.25) is 14.5 Å². The van der Waals surface area contributed by atoms with Crippen LogP contribution in [0.2, 0.25) is 5.02 Å². The van der Waals surface area contributed by atoms with Crippen LogP contribution in [0.15, 0.2) is 83.8 Å². The zero-order valence-electron chi connectivity index (χ0n) is 20.4. The Bertz CT molecular complexity index is 1570. The van der Waals surface area contributed by atoms with Crippen molar-refractivity contribution in [3.05, 3.63) is 109 Å². The maximum Gasteiger partial charge on any atom is 0.293 e. The molecule has 4 aromatic rings. The molecule has 5 nitrogen and oxygen atoms in total. The first-order valence-electron chi connectivity index (χ1n) is 12.0. The number of nitrogens with zero attached hydrogens (tertiary/aromatic N) is 1. The fraction of sp³-hybridized carbons (Fsp3) is 0.133. The fourth-order valence-electron chi connectivity index (χ4n) is 4.23. The normalized spacial score (nSPS) is 14.5. The molecule has 0 saturated carbocycles. The summed E-state index contributed by atoms with van der Waals surface area (Å²) in [5.41, 5.74) is 2.55. The van der Waals surface area contributed by atoms with Gasteiger partial charge in [-0.25, -0.2) is 0 Å². The van der Waals surface area contributed by atoms with E-state index in [2.05, 4.69) is 46.9 Å². The monoisotopic (exact) mass is 655 g/mol. The Kier molecular flexibility index (Phi) is 8.26. The van der Waals surface area contributed by atoms with Crippen LogP contribution in [0.4, 0.5) is 4.79 Å². The van der Waals surface area contributed by atoms with E-state index >= 15 is 0 Å². The molecule has 0 aliphatic carbocycles. The minimum atomic E-state index is -0.343. The summed E-state index contributed by atoms with van der Waals surface area (Å²) in [5.74, 6) is 0.884. The molecule has 0 aromatic heterocycles. The Hall–Kier alpha value is -3.01. The number of amides is 2. The quantitative estimate of drug-likeness (QED) is 0.141. The number of imide groups is 1. The van der Waals surface area contributed by atoms with Gasteiger partial charge in [0.1, 0.15) is 6.61 Å². The number of halogens is 2. The second-order valence-corrected chi connectivity index (χ2v) is 11.1. The Morgan fingerprint density at radius 1 is 0.947 bits per heavy atom. The highest BCUT2D eigenvalue weighted by atomic mass is 127. The van der Waals surface area contributed by atoms with Gasteiger partial charge in [0.25, 0.3) is 11.1 Å². The van der Waals surface area contributed by atoms with Crippen molar-refractivity contribution in [2.75, 3.05) is 6.61 Å². The van der Waals surface area contributed by atoms with Crippen molar-refractivity contribution < 1.29 is 19.1 Å². The van der Waals surface area contributed by atoms with Crippen LogP contribution in [0.5, 0.6) is 11.5 Å². The van der Waals surface area contributed by atoms with Gasteiger partial charge in [0.05, 0.1) is 21.6 Å². The molecular formula is C30H23ClINO4S. The molecule has 0 spiro atoms. The largest absolute Gasteiger partial charge is 0.490 e. The third-order valence-electron chi connectivity index (χ3n) is 6.04. The summed E-state index contributed by atoms with van der Waals surface area (Å²) in [7, 11) is 0. The molecule has 1 aliphatic heterocycles. The Labute approximate surface area is 243 Å². The molecule has 0 unspecified atom stereocenters. The molecule has 0 radical (unpaired) electrons. The van der Waals surface area contributed by atoms with Crippen LogP contribution >= 0.6 is 46.0 Å². The molecule has 5 rings (SSSR count). The smallest absolute Gasteiger partial charge is 0.293 e. The van der Waals surface area contributed by atoms with Gasteiger partial charge in [-0.15, -0.1) is 0 Å². The SMILES string of the molecule is CCOc1cc(/C=C2/SC(=O)N(Cc3ccccc3Cl)C2=O)cc(I)c1OCc1cccc2ccccc12. The number of ether oxygens (including phenoxy) is 2. The van der Waals surface area contributed by atoms with Crippen molar-refractivity contribution >= 4 is 73.9 Å². The van der Waals surface area contributed by atoms with E-state index in [0.717, 1.165) is 42.8 Å². The Morgan fingerprint density at radius 3 is 2.50 bits per heavy atom. The molecule has 192 valence electrons. The summed E-state index contributed by atoms with van der Waals surface area (Å²) in [6.45, 7) is 2.88. The van der Waals surface area contributed by atoms with E-state index in [1.54, 1.807) is 12.1 Å². The lowest BCUT2D eigenvalue weighted by Crippen LogP contribution is -2.27. The summed E-state index contributed by atoms with van der Waals surface area (Å²) in [6, 6.07) is 25.3. The molecule has 38 heavy (non-hydrogen) atoms. The number of carbonyl (C=O) groups excluding carboxylic acids is 2. The highest BCUT2D eigenvalue weighted by Gasteiger charge is 2.35. The maximum atomic E-state index is 13.1. The zero-order valence-corrected chi connectivity index (χ0v) is 24.2. The van der Waals surface area contributed by atoms with E-state index < -0.39 is 0 Å². The summed E-state index contributed by atoms with van der Waals surface area (Å²) in [5, 5.41) is 2.50. The van der Waals surface area contributed by atoms with Gasteiger partial charge in [0.2, 0.25) is 0 Å². The van der Waals surface area contributed by atoms with Gasteiger partial charge in [-0.2, -0.15) is 0 Å². The van der Waals surface area contributed by atoms with Gasteiger partial charge in [-0.05, 0) is 93.0 Å². The van der Waals surface area contributed by atoms with Crippen LogP contribution in [-0.4, -0.2) is 22.7 Å². The summed E-state index contributed by atoms with van der Waals surface area (Å²) in [6.07, 6.45) is 1.72. The number of carbonyl (C=O) groups is 2. The lowest BCUT2D eigenvalue weighted by molar-refractivity contribution is -0.123. The molecule has 1 aliphatic rings. The third kappa shape index (κ3) is 5.70.